The standard InChI is InChI=1S/C22H24N2O4/c1-14(2)19-7-5-6-8-20(19)24-21(25)15(3)28-22(26)16(4)27-18-11-9-17(13-23)10-12-18/h5-12,14-16H,1-4H3,(H,24,25)/t15-,16-/m0/s1. The number of nitriles is 1. The highest BCUT2D eigenvalue weighted by Gasteiger charge is 2.24. The Hall–Kier alpha value is -3.33. The molecule has 6 heteroatoms. The number of ether oxygens (including phenoxy) is 2. The number of para-hydroxylation sites is 1. The molecule has 0 aliphatic heterocycles. The number of hydrogen-bond acceptors (Lipinski definition) is 5. The van der Waals surface area contributed by atoms with Crippen LogP contribution in [0, 0.1) is 11.3 Å². The van der Waals surface area contributed by atoms with E-state index in [9.17, 15) is 9.59 Å². The summed E-state index contributed by atoms with van der Waals surface area (Å²) in [5, 5.41) is 11.6. The molecular weight excluding hydrogens is 356 g/mol. The number of rotatable bonds is 7. The first-order valence-electron chi connectivity index (χ1n) is 9.09. The van der Waals surface area contributed by atoms with E-state index in [-0.39, 0.29) is 5.92 Å². The van der Waals surface area contributed by atoms with Crippen LogP contribution in [-0.2, 0) is 14.3 Å². The van der Waals surface area contributed by atoms with E-state index in [4.69, 9.17) is 14.7 Å². The van der Waals surface area contributed by atoms with E-state index >= 15 is 0 Å². The fraction of sp³-hybridized carbons (Fsp3) is 0.318. The van der Waals surface area contributed by atoms with E-state index in [2.05, 4.69) is 5.32 Å². The van der Waals surface area contributed by atoms with Gasteiger partial charge in [0.15, 0.2) is 12.2 Å². The van der Waals surface area contributed by atoms with Gasteiger partial charge in [-0.2, -0.15) is 5.26 Å². The average molecular weight is 380 g/mol. The van der Waals surface area contributed by atoms with Gasteiger partial charge in [-0.05, 0) is 55.7 Å². The van der Waals surface area contributed by atoms with Crippen molar-refractivity contribution in [3.05, 3.63) is 59.7 Å². The summed E-state index contributed by atoms with van der Waals surface area (Å²) in [6.45, 7) is 7.13. The summed E-state index contributed by atoms with van der Waals surface area (Å²) in [5.41, 5.74) is 2.20. The van der Waals surface area contributed by atoms with Crippen LogP contribution in [0.1, 0.15) is 44.7 Å². The first-order valence-corrected chi connectivity index (χ1v) is 9.09. The smallest absolute Gasteiger partial charge is 0.347 e. The largest absolute Gasteiger partial charge is 0.479 e. The molecule has 0 bridgehead atoms. The molecule has 2 atom stereocenters. The van der Waals surface area contributed by atoms with Crippen molar-refractivity contribution in [1.82, 2.24) is 0 Å². The third kappa shape index (κ3) is 5.58. The van der Waals surface area contributed by atoms with Crippen LogP contribution in [0.3, 0.4) is 0 Å². The first kappa shape index (κ1) is 21.0. The lowest BCUT2D eigenvalue weighted by Crippen LogP contribution is -2.35. The first-order chi connectivity index (χ1) is 13.3. The van der Waals surface area contributed by atoms with Gasteiger partial charge in [-0.3, -0.25) is 4.79 Å². The zero-order valence-corrected chi connectivity index (χ0v) is 16.4. The molecule has 146 valence electrons. The Morgan fingerprint density at radius 3 is 2.21 bits per heavy atom. The Kier molecular flexibility index (Phi) is 7.16. The molecule has 0 aromatic heterocycles. The number of amides is 1. The van der Waals surface area contributed by atoms with Crippen molar-refractivity contribution >= 4 is 17.6 Å². The second-order valence-electron chi connectivity index (χ2n) is 6.71. The summed E-state index contributed by atoms with van der Waals surface area (Å²) in [5.74, 6) is -0.377. The predicted octanol–water partition coefficient (Wildman–Crippen LogP) is 4.02. The SMILES string of the molecule is CC(C)c1ccccc1NC(=O)[C@H](C)OC(=O)[C@H](C)Oc1ccc(C#N)cc1. The van der Waals surface area contributed by atoms with Crippen molar-refractivity contribution in [2.24, 2.45) is 0 Å². The Morgan fingerprint density at radius 2 is 1.61 bits per heavy atom. The van der Waals surface area contributed by atoms with E-state index in [0.29, 0.717) is 17.0 Å². The second kappa shape index (κ2) is 9.56. The van der Waals surface area contributed by atoms with E-state index in [1.54, 1.807) is 31.2 Å². The number of hydrogen-bond donors (Lipinski definition) is 1. The molecule has 0 radical (unpaired) electrons. The van der Waals surface area contributed by atoms with Crippen molar-refractivity contribution in [3.8, 4) is 11.8 Å². The molecule has 2 aromatic rings. The average Bonchev–Trinajstić information content (AvgIpc) is 2.68. The highest BCUT2D eigenvalue weighted by atomic mass is 16.6. The van der Waals surface area contributed by atoms with Crippen LogP contribution < -0.4 is 10.1 Å². The number of esters is 1. The van der Waals surface area contributed by atoms with E-state index < -0.39 is 24.1 Å². The minimum absolute atomic E-state index is 0.246. The molecule has 0 unspecified atom stereocenters. The number of nitrogens with zero attached hydrogens (tertiary/aromatic N) is 1. The van der Waals surface area contributed by atoms with Crippen molar-refractivity contribution in [2.45, 2.75) is 45.8 Å². The van der Waals surface area contributed by atoms with Crippen molar-refractivity contribution < 1.29 is 19.1 Å². The van der Waals surface area contributed by atoms with E-state index in [1.165, 1.54) is 6.92 Å². The Morgan fingerprint density at radius 1 is 0.964 bits per heavy atom. The van der Waals surface area contributed by atoms with Gasteiger partial charge >= 0.3 is 5.97 Å². The lowest BCUT2D eigenvalue weighted by atomic mass is 10.0. The second-order valence-corrected chi connectivity index (χ2v) is 6.71. The maximum atomic E-state index is 12.4. The Labute approximate surface area is 165 Å². The third-order valence-electron chi connectivity index (χ3n) is 4.13. The van der Waals surface area contributed by atoms with Crippen molar-refractivity contribution in [1.29, 1.82) is 5.26 Å². The lowest BCUT2D eigenvalue weighted by molar-refractivity contribution is -0.159. The van der Waals surface area contributed by atoms with Gasteiger partial charge in [0.2, 0.25) is 0 Å². The fourth-order valence-corrected chi connectivity index (χ4v) is 2.53. The summed E-state index contributed by atoms with van der Waals surface area (Å²) in [6.07, 6.45) is -1.87. The van der Waals surface area contributed by atoms with Gasteiger partial charge in [-0.1, -0.05) is 32.0 Å². The zero-order valence-electron chi connectivity index (χ0n) is 16.4. The topological polar surface area (TPSA) is 88.4 Å². The molecule has 2 aromatic carbocycles. The molecule has 1 amide bonds. The van der Waals surface area contributed by atoms with Gasteiger partial charge in [0.05, 0.1) is 11.6 Å². The van der Waals surface area contributed by atoms with Crippen LogP contribution in [0.15, 0.2) is 48.5 Å². The van der Waals surface area contributed by atoms with Crippen LogP contribution in [0.25, 0.3) is 0 Å². The summed E-state index contributed by atoms with van der Waals surface area (Å²) in [7, 11) is 0. The normalized spacial score (nSPS) is 12.6. The predicted molar refractivity (Wildman–Crippen MR) is 106 cm³/mol. The van der Waals surface area contributed by atoms with Crippen LogP contribution in [0.5, 0.6) is 5.75 Å². The van der Waals surface area contributed by atoms with Gasteiger partial charge in [0.1, 0.15) is 5.75 Å². The number of anilines is 1. The molecule has 0 saturated heterocycles. The zero-order chi connectivity index (χ0) is 20.7. The lowest BCUT2D eigenvalue weighted by Gasteiger charge is -2.19. The number of benzene rings is 2. The molecule has 1 N–H and O–H groups in total. The molecule has 0 heterocycles. The van der Waals surface area contributed by atoms with Crippen LogP contribution >= 0.6 is 0 Å². The summed E-state index contributed by atoms with van der Waals surface area (Å²) in [4.78, 5) is 24.6. The van der Waals surface area contributed by atoms with Gasteiger partial charge in [0, 0.05) is 5.69 Å². The number of carbonyl (C=O) groups excluding carboxylic acids is 2. The maximum absolute atomic E-state index is 12.4. The van der Waals surface area contributed by atoms with Gasteiger partial charge in [0.25, 0.3) is 5.91 Å². The maximum Gasteiger partial charge on any atom is 0.347 e. The monoisotopic (exact) mass is 380 g/mol. The summed E-state index contributed by atoms with van der Waals surface area (Å²) >= 11 is 0. The van der Waals surface area contributed by atoms with Crippen molar-refractivity contribution in [3.63, 3.8) is 0 Å². The van der Waals surface area contributed by atoms with E-state index in [0.717, 1.165) is 5.56 Å². The van der Waals surface area contributed by atoms with Crippen molar-refractivity contribution in [2.75, 3.05) is 5.32 Å². The summed E-state index contributed by atoms with van der Waals surface area (Å²) < 4.78 is 10.7. The highest BCUT2D eigenvalue weighted by molar-refractivity contribution is 5.96. The number of carbonyl (C=O) groups is 2. The molecule has 0 fully saturated rings. The molecular formula is C22H24N2O4. The van der Waals surface area contributed by atoms with Gasteiger partial charge in [-0.25, -0.2) is 4.79 Å². The molecule has 0 saturated carbocycles. The molecule has 0 spiro atoms. The van der Waals surface area contributed by atoms with Gasteiger partial charge in [-0.15, -0.1) is 0 Å². The minimum Gasteiger partial charge on any atom is -0.479 e. The highest BCUT2D eigenvalue weighted by Crippen LogP contribution is 2.24. The summed E-state index contributed by atoms with van der Waals surface area (Å²) in [6, 6.07) is 15.9. The molecule has 0 aliphatic rings. The fourth-order valence-electron chi connectivity index (χ4n) is 2.53. The number of nitrogens with one attached hydrogen (secondary N) is 1. The van der Waals surface area contributed by atoms with Crippen LogP contribution in [0.2, 0.25) is 0 Å². The van der Waals surface area contributed by atoms with E-state index in [1.807, 2.05) is 44.2 Å². The van der Waals surface area contributed by atoms with Crippen LogP contribution in [-0.4, -0.2) is 24.1 Å². The third-order valence-corrected chi connectivity index (χ3v) is 4.13. The van der Waals surface area contributed by atoms with Gasteiger partial charge < -0.3 is 14.8 Å². The molecule has 0 aliphatic carbocycles. The molecule has 2 rings (SSSR count). The minimum atomic E-state index is -0.972. The quantitative estimate of drug-likeness (QED) is 0.733. The Bertz CT molecular complexity index is 869. The molecule has 28 heavy (non-hydrogen) atoms. The molecule has 6 nitrogen and oxygen atoms in total. The Balaban J connectivity index is 1.93. The van der Waals surface area contributed by atoms with Crippen LogP contribution in [0.4, 0.5) is 5.69 Å².